The Morgan fingerprint density at radius 3 is 2.23 bits per heavy atom. The zero-order chi connectivity index (χ0) is 10.5. The molecule has 13 heavy (non-hydrogen) atoms. The molecule has 0 heterocycles. The minimum Gasteiger partial charge on any atom is -0.380 e. The summed E-state index contributed by atoms with van der Waals surface area (Å²) in [4.78, 5) is 0. The molecule has 0 saturated carbocycles. The first kappa shape index (κ1) is 12.9. The third-order valence-corrected chi connectivity index (χ3v) is 2.67. The molecule has 0 aromatic heterocycles. The van der Waals surface area contributed by atoms with Crippen LogP contribution in [0.1, 0.15) is 41.0 Å². The molecule has 0 aromatic carbocycles. The van der Waals surface area contributed by atoms with Crippen LogP contribution in [-0.4, -0.2) is 19.3 Å². The van der Waals surface area contributed by atoms with Gasteiger partial charge in [0.1, 0.15) is 0 Å². The molecule has 2 N–H and O–H groups in total. The van der Waals surface area contributed by atoms with Crippen LogP contribution in [0.15, 0.2) is 0 Å². The normalized spacial score (nSPS) is 17.1. The van der Waals surface area contributed by atoms with Crippen molar-refractivity contribution < 1.29 is 4.74 Å². The zero-order valence-corrected chi connectivity index (χ0v) is 9.76. The smallest absolute Gasteiger partial charge is 0.0617 e. The average molecular weight is 187 g/mol. The van der Waals surface area contributed by atoms with Crippen molar-refractivity contribution in [2.75, 3.05) is 13.2 Å². The van der Waals surface area contributed by atoms with Gasteiger partial charge in [-0.2, -0.15) is 0 Å². The first-order valence-electron chi connectivity index (χ1n) is 5.21. The van der Waals surface area contributed by atoms with Crippen molar-refractivity contribution in [2.24, 2.45) is 17.1 Å². The van der Waals surface area contributed by atoms with Gasteiger partial charge < -0.3 is 10.5 Å². The van der Waals surface area contributed by atoms with Gasteiger partial charge in [0.15, 0.2) is 0 Å². The Bertz CT molecular complexity index is 129. The van der Waals surface area contributed by atoms with Crippen LogP contribution in [0.4, 0.5) is 0 Å². The van der Waals surface area contributed by atoms with E-state index in [-0.39, 0.29) is 6.04 Å². The molecule has 2 nitrogen and oxygen atoms in total. The lowest BCUT2D eigenvalue weighted by Crippen LogP contribution is -2.32. The van der Waals surface area contributed by atoms with Crippen LogP contribution in [0.3, 0.4) is 0 Å². The van der Waals surface area contributed by atoms with E-state index in [1.165, 1.54) is 0 Å². The maximum atomic E-state index is 5.93. The highest BCUT2D eigenvalue weighted by atomic mass is 16.5. The summed E-state index contributed by atoms with van der Waals surface area (Å²) in [6, 6.07) is 0.189. The minimum atomic E-state index is 0.189. The summed E-state index contributed by atoms with van der Waals surface area (Å²) in [5, 5.41) is 0. The highest BCUT2D eigenvalue weighted by Crippen LogP contribution is 2.28. The van der Waals surface area contributed by atoms with Gasteiger partial charge in [-0.3, -0.25) is 0 Å². The number of nitrogens with two attached hydrogens (primary N) is 1. The third kappa shape index (κ3) is 6.05. The molecule has 2 atom stereocenters. The van der Waals surface area contributed by atoms with Gasteiger partial charge in [0, 0.05) is 12.6 Å². The molecule has 0 aliphatic rings. The van der Waals surface area contributed by atoms with Gasteiger partial charge in [0.2, 0.25) is 0 Å². The average Bonchev–Trinajstić information content (AvgIpc) is 1.99. The zero-order valence-electron chi connectivity index (χ0n) is 9.76. The first-order chi connectivity index (χ1) is 5.88. The molecule has 0 aliphatic carbocycles. The number of hydrogen-bond acceptors (Lipinski definition) is 2. The van der Waals surface area contributed by atoms with Crippen LogP contribution in [0.25, 0.3) is 0 Å². The predicted molar refractivity (Wildman–Crippen MR) is 57.7 cm³/mol. The molecule has 0 aromatic rings. The Morgan fingerprint density at radius 2 is 1.85 bits per heavy atom. The third-order valence-electron chi connectivity index (χ3n) is 2.67. The first-order valence-corrected chi connectivity index (χ1v) is 5.21. The molecule has 0 saturated heterocycles. The van der Waals surface area contributed by atoms with Crippen molar-refractivity contribution in [3.05, 3.63) is 0 Å². The summed E-state index contributed by atoms with van der Waals surface area (Å²) in [6.07, 6.45) is 1.05. The molecule has 0 aliphatic heterocycles. The SMILES string of the molecule is CCOCC(N)CC(C)C(C)(C)C. The van der Waals surface area contributed by atoms with Gasteiger partial charge >= 0.3 is 0 Å². The predicted octanol–water partition coefficient (Wildman–Crippen LogP) is 2.42. The van der Waals surface area contributed by atoms with E-state index in [9.17, 15) is 0 Å². The van der Waals surface area contributed by atoms with E-state index in [0.717, 1.165) is 13.0 Å². The Hall–Kier alpha value is -0.0800. The molecule has 80 valence electrons. The van der Waals surface area contributed by atoms with Gasteiger partial charge in [0.05, 0.1) is 6.61 Å². The van der Waals surface area contributed by atoms with Crippen LogP contribution < -0.4 is 5.73 Å². The molecule has 0 fully saturated rings. The van der Waals surface area contributed by atoms with Gasteiger partial charge in [-0.25, -0.2) is 0 Å². The second-order valence-corrected chi connectivity index (χ2v) is 4.92. The van der Waals surface area contributed by atoms with E-state index in [1.807, 2.05) is 6.92 Å². The van der Waals surface area contributed by atoms with Gasteiger partial charge in [-0.05, 0) is 24.7 Å². The van der Waals surface area contributed by atoms with Crippen LogP contribution in [0.2, 0.25) is 0 Å². The summed E-state index contributed by atoms with van der Waals surface area (Å²) in [5.74, 6) is 0.642. The summed E-state index contributed by atoms with van der Waals surface area (Å²) in [5.41, 5.74) is 6.28. The van der Waals surface area contributed by atoms with E-state index in [1.54, 1.807) is 0 Å². The highest BCUT2D eigenvalue weighted by Gasteiger charge is 2.21. The topological polar surface area (TPSA) is 35.2 Å². The van der Waals surface area contributed by atoms with Crippen molar-refractivity contribution in [3.8, 4) is 0 Å². The lowest BCUT2D eigenvalue weighted by atomic mass is 9.79. The fourth-order valence-electron chi connectivity index (χ4n) is 1.14. The number of rotatable bonds is 5. The van der Waals surface area contributed by atoms with Gasteiger partial charge in [-0.15, -0.1) is 0 Å². The van der Waals surface area contributed by atoms with E-state index in [0.29, 0.717) is 17.9 Å². The van der Waals surface area contributed by atoms with Gasteiger partial charge in [-0.1, -0.05) is 27.7 Å². The summed E-state index contributed by atoms with van der Waals surface area (Å²) in [7, 11) is 0. The van der Waals surface area contributed by atoms with Crippen molar-refractivity contribution in [3.63, 3.8) is 0 Å². The summed E-state index contributed by atoms with van der Waals surface area (Å²) < 4.78 is 5.28. The maximum Gasteiger partial charge on any atom is 0.0617 e. The Kier molecular flexibility index (Phi) is 5.57. The minimum absolute atomic E-state index is 0.189. The van der Waals surface area contributed by atoms with E-state index >= 15 is 0 Å². The van der Waals surface area contributed by atoms with Crippen LogP contribution in [0.5, 0.6) is 0 Å². The van der Waals surface area contributed by atoms with Crippen molar-refractivity contribution >= 4 is 0 Å². The lowest BCUT2D eigenvalue weighted by Gasteiger charge is -2.29. The van der Waals surface area contributed by atoms with Crippen LogP contribution in [0, 0.1) is 11.3 Å². The Labute approximate surface area is 82.8 Å². The summed E-state index contributed by atoms with van der Waals surface area (Å²) in [6.45, 7) is 12.5. The molecule has 2 unspecified atom stereocenters. The fourth-order valence-corrected chi connectivity index (χ4v) is 1.14. The molecule has 0 spiro atoms. The highest BCUT2D eigenvalue weighted by molar-refractivity contribution is 4.74. The van der Waals surface area contributed by atoms with E-state index in [2.05, 4.69) is 27.7 Å². The second-order valence-electron chi connectivity index (χ2n) is 4.92. The molecular formula is C11H25NO. The van der Waals surface area contributed by atoms with E-state index in [4.69, 9.17) is 10.5 Å². The molecular weight excluding hydrogens is 162 g/mol. The summed E-state index contributed by atoms with van der Waals surface area (Å²) >= 11 is 0. The number of ether oxygens (including phenoxy) is 1. The van der Waals surface area contributed by atoms with Gasteiger partial charge in [0.25, 0.3) is 0 Å². The van der Waals surface area contributed by atoms with Crippen molar-refractivity contribution in [1.82, 2.24) is 0 Å². The quantitative estimate of drug-likeness (QED) is 0.717. The molecule has 0 rings (SSSR count). The van der Waals surface area contributed by atoms with Crippen molar-refractivity contribution in [1.29, 1.82) is 0 Å². The maximum absolute atomic E-state index is 5.93. The Morgan fingerprint density at radius 1 is 1.31 bits per heavy atom. The monoisotopic (exact) mass is 187 g/mol. The Balaban J connectivity index is 3.71. The molecule has 2 heteroatoms. The lowest BCUT2D eigenvalue weighted by molar-refractivity contribution is 0.116. The number of hydrogen-bond donors (Lipinski definition) is 1. The largest absolute Gasteiger partial charge is 0.380 e. The van der Waals surface area contributed by atoms with Crippen molar-refractivity contribution in [2.45, 2.75) is 47.1 Å². The van der Waals surface area contributed by atoms with Crippen LogP contribution in [-0.2, 0) is 4.74 Å². The second kappa shape index (κ2) is 5.61. The molecule has 0 radical (unpaired) electrons. The van der Waals surface area contributed by atoms with E-state index < -0.39 is 0 Å². The molecule has 0 amide bonds. The standard InChI is InChI=1S/C11H25NO/c1-6-13-8-10(12)7-9(2)11(3,4)5/h9-10H,6-8,12H2,1-5H3. The molecule has 0 bridgehead atoms. The van der Waals surface area contributed by atoms with Crippen LogP contribution >= 0.6 is 0 Å². The fraction of sp³-hybridized carbons (Fsp3) is 1.00.